The number of urea groups is 1. The van der Waals surface area contributed by atoms with Gasteiger partial charge in [0.25, 0.3) is 0 Å². The standard InChI is InChI=1S/C9H11N3OS/c10-4-1-2-7-3-5-14-8(7)6-12-9(11)13/h3,5H,4,6,10H2,(H3,11,12,13). The highest BCUT2D eigenvalue weighted by Crippen LogP contribution is 2.15. The fraction of sp³-hybridized carbons (Fsp3) is 0.222. The summed E-state index contributed by atoms with van der Waals surface area (Å²) in [6.07, 6.45) is 0. The summed E-state index contributed by atoms with van der Waals surface area (Å²) in [4.78, 5) is 11.5. The first kappa shape index (κ1) is 10.6. The highest BCUT2D eigenvalue weighted by Gasteiger charge is 2.01. The lowest BCUT2D eigenvalue weighted by Gasteiger charge is -1.98. The number of rotatable bonds is 2. The summed E-state index contributed by atoms with van der Waals surface area (Å²) in [5.74, 6) is 5.68. The van der Waals surface area contributed by atoms with Gasteiger partial charge in [0.05, 0.1) is 13.1 Å². The number of nitrogens with two attached hydrogens (primary N) is 2. The van der Waals surface area contributed by atoms with Crippen LogP contribution in [0.3, 0.4) is 0 Å². The first-order valence-electron chi connectivity index (χ1n) is 4.02. The van der Waals surface area contributed by atoms with Gasteiger partial charge in [-0.25, -0.2) is 4.79 Å². The van der Waals surface area contributed by atoms with Crippen molar-refractivity contribution in [2.75, 3.05) is 6.54 Å². The normalized spacial score (nSPS) is 8.93. The second-order valence-corrected chi connectivity index (χ2v) is 3.48. The summed E-state index contributed by atoms with van der Waals surface area (Å²) in [6.45, 7) is 0.750. The number of thiophene rings is 1. The summed E-state index contributed by atoms with van der Waals surface area (Å²) in [5.41, 5.74) is 11.1. The molecule has 0 aliphatic carbocycles. The van der Waals surface area contributed by atoms with E-state index in [0.29, 0.717) is 13.1 Å². The van der Waals surface area contributed by atoms with Crippen LogP contribution in [0.2, 0.25) is 0 Å². The Morgan fingerprint density at radius 1 is 1.64 bits per heavy atom. The van der Waals surface area contributed by atoms with E-state index in [2.05, 4.69) is 17.2 Å². The van der Waals surface area contributed by atoms with Crippen molar-refractivity contribution < 1.29 is 4.79 Å². The Hall–Kier alpha value is -1.51. The molecule has 0 saturated heterocycles. The van der Waals surface area contributed by atoms with Gasteiger partial charge in [0.1, 0.15) is 0 Å². The van der Waals surface area contributed by atoms with Crippen LogP contribution in [0.4, 0.5) is 4.79 Å². The third-order valence-corrected chi connectivity index (χ3v) is 2.41. The SMILES string of the molecule is NCC#Cc1ccsc1CNC(N)=O. The summed E-state index contributed by atoms with van der Waals surface area (Å²) < 4.78 is 0. The van der Waals surface area contributed by atoms with Crippen LogP contribution in [0, 0.1) is 11.8 Å². The summed E-state index contributed by atoms with van der Waals surface area (Å²) in [6, 6.07) is 1.36. The summed E-state index contributed by atoms with van der Waals surface area (Å²) in [7, 11) is 0. The zero-order valence-electron chi connectivity index (χ0n) is 7.54. The monoisotopic (exact) mass is 209 g/mol. The Balaban J connectivity index is 2.67. The first-order chi connectivity index (χ1) is 6.74. The Morgan fingerprint density at radius 2 is 2.43 bits per heavy atom. The van der Waals surface area contributed by atoms with Crippen molar-refractivity contribution in [3.63, 3.8) is 0 Å². The van der Waals surface area contributed by atoms with Crippen molar-refractivity contribution in [1.82, 2.24) is 5.32 Å². The number of carbonyl (C=O) groups is 1. The molecule has 1 rings (SSSR count). The quantitative estimate of drug-likeness (QED) is 0.609. The van der Waals surface area contributed by atoms with Crippen LogP contribution in [0.5, 0.6) is 0 Å². The van der Waals surface area contributed by atoms with Gasteiger partial charge in [-0.05, 0) is 11.4 Å². The summed E-state index contributed by atoms with van der Waals surface area (Å²) >= 11 is 1.53. The van der Waals surface area contributed by atoms with Gasteiger partial charge < -0.3 is 16.8 Å². The van der Waals surface area contributed by atoms with E-state index >= 15 is 0 Å². The molecule has 1 heterocycles. The van der Waals surface area contributed by atoms with Gasteiger partial charge in [0, 0.05) is 10.4 Å². The molecule has 0 aliphatic heterocycles. The molecule has 0 aromatic carbocycles. The number of hydrogen-bond donors (Lipinski definition) is 3. The first-order valence-corrected chi connectivity index (χ1v) is 4.90. The zero-order chi connectivity index (χ0) is 10.4. The molecular formula is C9H11N3OS. The Morgan fingerprint density at radius 3 is 3.07 bits per heavy atom. The van der Waals surface area contributed by atoms with E-state index in [-0.39, 0.29) is 0 Å². The number of primary amides is 1. The van der Waals surface area contributed by atoms with Gasteiger partial charge in [-0.3, -0.25) is 0 Å². The average molecular weight is 209 g/mol. The van der Waals surface area contributed by atoms with Crippen molar-refractivity contribution in [2.24, 2.45) is 11.5 Å². The van der Waals surface area contributed by atoms with Crippen molar-refractivity contribution >= 4 is 17.4 Å². The predicted molar refractivity (Wildman–Crippen MR) is 56.7 cm³/mol. The third-order valence-electron chi connectivity index (χ3n) is 1.49. The highest BCUT2D eigenvalue weighted by atomic mass is 32.1. The van der Waals surface area contributed by atoms with Crippen LogP contribution >= 0.6 is 11.3 Å². The van der Waals surface area contributed by atoms with E-state index in [1.54, 1.807) is 0 Å². The molecule has 0 bridgehead atoms. The molecule has 2 amide bonds. The second kappa shape index (κ2) is 5.27. The predicted octanol–water partition coefficient (Wildman–Crippen LogP) is 0.227. The fourth-order valence-corrected chi connectivity index (χ4v) is 1.67. The van der Waals surface area contributed by atoms with Gasteiger partial charge in [0.2, 0.25) is 0 Å². The summed E-state index contributed by atoms with van der Waals surface area (Å²) in [5, 5.41) is 4.43. The minimum Gasteiger partial charge on any atom is -0.352 e. The molecule has 14 heavy (non-hydrogen) atoms. The maximum atomic E-state index is 10.5. The Kier molecular flexibility index (Phi) is 3.98. The fourth-order valence-electron chi connectivity index (χ4n) is 0.903. The van der Waals surface area contributed by atoms with Crippen molar-refractivity contribution in [1.29, 1.82) is 0 Å². The van der Waals surface area contributed by atoms with Gasteiger partial charge in [0.15, 0.2) is 0 Å². The smallest absolute Gasteiger partial charge is 0.312 e. The average Bonchev–Trinajstić information content (AvgIpc) is 2.58. The van der Waals surface area contributed by atoms with E-state index < -0.39 is 6.03 Å². The van der Waals surface area contributed by atoms with E-state index in [1.807, 2.05) is 11.4 Å². The second-order valence-electron chi connectivity index (χ2n) is 2.48. The molecule has 5 N–H and O–H groups in total. The number of amides is 2. The maximum absolute atomic E-state index is 10.5. The molecule has 0 fully saturated rings. The molecule has 0 atom stereocenters. The molecule has 0 saturated carbocycles. The topological polar surface area (TPSA) is 81.1 Å². The lowest BCUT2D eigenvalue weighted by Crippen LogP contribution is -2.28. The van der Waals surface area contributed by atoms with Crippen LogP contribution in [-0.4, -0.2) is 12.6 Å². The van der Waals surface area contributed by atoms with E-state index in [9.17, 15) is 4.79 Å². The number of carbonyl (C=O) groups excluding carboxylic acids is 1. The molecule has 1 aromatic rings. The van der Waals surface area contributed by atoms with Gasteiger partial charge >= 0.3 is 6.03 Å². The molecule has 1 aromatic heterocycles. The molecule has 0 spiro atoms. The van der Waals surface area contributed by atoms with Crippen molar-refractivity contribution in [2.45, 2.75) is 6.54 Å². The number of hydrogen-bond acceptors (Lipinski definition) is 3. The van der Waals surface area contributed by atoms with E-state index in [1.165, 1.54) is 11.3 Å². The minimum absolute atomic E-state index is 0.332. The van der Waals surface area contributed by atoms with E-state index in [4.69, 9.17) is 11.5 Å². The third kappa shape index (κ3) is 3.09. The molecule has 74 valence electrons. The molecular weight excluding hydrogens is 198 g/mol. The molecule has 0 aliphatic rings. The maximum Gasteiger partial charge on any atom is 0.312 e. The Labute approximate surface area is 86.3 Å². The van der Waals surface area contributed by atoms with Gasteiger partial charge in [-0.2, -0.15) is 0 Å². The Bertz CT molecular complexity index is 375. The molecule has 5 heteroatoms. The highest BCUT2D eigenvalue weighted by molar-refractivity contribution is 7.10. The lowest BCUT2D eigenvalue weighted by atomic mass is 10.2. The van der Waals surface area contributed by atoms with Crippen molar-refractivity contribution in [3.8, 4) is 11.8 Å². The van der Waals surface area contributed by atoms with Gasteiger partial charge in [-0.15, -0.1) is 11.3 Å². The molecule has 4 nitrogen and oxygen atoms in total. The minimum atomic E-state index is -0.531. The lowest BCUT2D eigenvalue weighted by molar-refractivity contribution is 0.248. The van der Waals surface area contributed by atoms with Crippen LogP contribution in [-0.2, 0) is 6.54 Å². The van der Waals surface area contributed by atoms with Crippen molar-refractivity contribution in [3.05, 3.63) is 21.9 Å². The molecule has 0 radical (unpaired) electrons. The van der Waals surface area contributed by atoms with Crippen LogP contribution in [0.1, 0.15) is 10.4 Å². The van der Waals surface area contributed by atoms with Crippen LogP contribution in [0.25, 0.3) is 0 Å². The van der Waals surface area contributed by atoms with Crippen LogP contribution in [0.15, 0.2) is 11.4 Å². The molecule has 0 unspecified atom stereocenters. The van der Waals surface area contributed by atoms with E-state index in [0.717, 1.165) is 10.4 Å². The van der Waals surface area contributed by atoms with Crippen LogP contribution < -0.4 is 16.8 Å². The largest absolute Gasteiger partial charge is 0.352 e. The zero-order valence-corrected chi connectivity index (χ0v) is 8.36. The van der Waals surface area contributed by atoms with Gasteiger partial charge in [-0.1, -0.05) is 11.8 Å². The number of nitrogens with one attached hydrogen (secondary N) is 1.